The van der Waals surface area contributed by atoms with Crippen molar-refractivity contribution in [3.05, 3.63) is 91.2 Å². The van der Waals surface area contributed by atoms with Gasteiger partial charge in [-0.2, -0.15) is 0 Å². The Bertz CT molecular complexity index is 1450. The topological polar surface area (TPSA) is 73.1 Å². The fourth-order valence-corrected chi connectivity index (χ4v) is 4.26. The van der Waals surface area contributed by atoms with Crippen molar-refractivity contribution < 1.29 is 9.18 Å². The lowest BCUT2D eigenvalue weighted by atomic mass is 10.1. The molecule has 0 aliphatic heterocycles. The Morgan fingerprint density at radius 1 is 1.03 bits per heavy atom. The minimum absolute atomic E-state index is 0.257. The summed E-state index contributed by atoms with van der Waals surface area (Å²) in [5.74, 6) is -0.814. The van der Waals surface area contributed by atoms with Crippen molar-refractivity contribution in [2.24, 2.45) is 0 Å². The number of hydrogen-bond donors (Lipinski definition) is 1. The van der Waals surface area contributed by atoms with Crippen molar-refractivity contribution in [3.63, 3.8) is 0 Å². The first-order valence-electron chi connectivity index (χ1n) is 9.63. The largest absolute Gasteiger partial charge is 0.336 e. The molecule has 0 aliphatic carbocycles. The smallest absolute Gasteiger partial charge is 0.324 e. The number of carbonyl (C=O) groups excluding carboxylic acids is 1. The van der Waals surface area contributed by atoms with E-state index in [9.17, 15) is 18.8 Å². The summed E-state index contributed by atoms with van der Waals surface area (Å²) in [7, 11) is 0. The Balaban J connectivity index is 1.81. The average Bonchev–Trinajstić information content (AvgIpc) is 3.21. The van der Waals surface area contributed by atoms with Crippen molar-refractivity contribution in [2.75, 3.05) is 5.32 Å². The van der Waals surface area contributed by atoms with Gasteiger partial charge in [-0.05, 0) is 73.2 Å². The van der Waals surface area contributed by atoms with E-state index in [1.54, 1.807) is 18.4 Å². The number of rotatable bonds is 4. The molecular formula is C23H20FN3O3S. The molecule has 2 heterocycles. The lowest BCUT2D eigenvalue weighted by Gasteiger charge is -2.14. The molecule has 0 aliphatic rings. The van der Waals surface area contributed by atoms with Gasteiger partial charge in [0.05, 0.1) is 11.2 Å². The van der Waals surface area contributed by atoms with Gasteiger partial charge in [-0.3, -0.25) is 14.2 Å². The number of fused-ring (bicyclic) bond motifs is 1. The molecule has 0 spiro atoms. The van der Waals surface area contributed by atoms with Crippen molar-refractivity contribution in [1.82, 2.24) is 9.13 Å². The molecular weight excluding hydrogens is 417 g/mol. The number of thiophene rings is 1. The first-order chi connectivity index (χ1) is 14.8. The van der Waals surface area contributed by atoms with Crippen LogP contribution in [0.15, 0.2) is 57.4 Å². The molecule has 2 aromatic carbocycles. The molecule has 8 heteroatoms. The maximum Gasteiger partial charge on any atom is 0.336 e. The number of halogens is 1. The number of nitrogens with one attached hydrogen (secondary N) is 1. The molecule has 0 fully saturated rings. The van der Waals surface area contributed by atoms with Crippen LogP contribution in [0.2, 0.25) is 0 Å². The standard InChI is InChI=1S/C23H20FN3O3S/c1-13-4-5-14(2)18(10-13)25-20(28)12-26-19-8-9-31-21(19)22(29)27(23(26)30)16-6-7-17(24)15(3)11-16/h4-11H,12H2,1-3H3,(H,25,28). The highest BCUT2D eigenvalue weighted by Gasteiger charge is 2.18. The molecule has 31 heavy (non-hydrogen) atoms. The van der Waals surface area contributed by atoms with E-state index in [0.717, 1.165) is 15.7 Å². The normalized spacial score (nSPS) is 11.1. The summed E-state index contributed by atoms with van der Waals surface area (Å²) in [6.07, 6.45) is 0. The number of hydrogen-bond acceptors (Lipinski definition) is 4. The monoisotopic (exact) mass is 437 g/mol. The van der Waals surface area contributed by atoms with E-state index in [1.165, 1.54) is 34.1 Å². The number of aryl methyl sites for hydroxylation is 3. The minimum Gasteiger partial charge on any atom is -0.324 e. The molecule has 2 aromatic heterocycles. The second-order valence-electron chi connectivity index (χ2n) is 7.44. The zero-order valence-electron chi connectivity index (χ0n) is 17.2. The number of amides is 1. The van der Waals surface area contributed by atoms with Gasteiger partial charge in [0, 0.05) is 5.69 Å². The van der Waals surface area contributed by atoms with Crippen LogP contribution in [0, 0.1) is 26.6 Å². The fourth-order valence-electron chi connectivity index (χ4n) is 3.44. The van der Waals surface area contributed by atoms with Gasteiger partial charge in [-0.15, -0.1) is 11.3 Å². The Morgan fingerprint density at radius 3 is 2.55 bits per heavy atom. The van der Waals surface area contributed by atoms with Crippen LogP contribution >= 0.6 is 11.3 Å². The summed E-state index contributed by atoms with van der Waals surface area (Å²) in [4.78, 5) is 39.0. The quantitative estimate of drug-likeness (QED) is 0.526. The summed E-state index contributed by atoms with van der Waals surface area (Å²) in [6, 6.07) is 11.4. The maximum atomic E-state index is 13.7. The number of anilines is 1. The third-order valence-electron chi connectivity index (χ3n) is 5.12. The van der Waals surface area contributed by atoms with E-state index >= 15 is 0 Å². The van der Waals surface area contributed by atoms with Gasteiger partial charge in [0.2, 0.25) is 5.91 Å². The minimum atomic E-state index is -0.655. The van der Waals surface area contributed by atoms with Crippen LogP contribution in [0.3, 0.4) is 0 Å². The molecule has 4 rings (SSSR count). The molecule has 1 N–H and O–H groups in total. The average molecular weight is 437 g/mol. The highest BCUT2D eigenvalue weighted by Crippen LogP contribution is 2.19. The third-order valence-corrected chi connectivity index (χ3v) is 6.01. The predicted molar refractivity (Wildman–Crippen MR) is 121 cm³/mol. The Hall–Kier alpha value is -3.52. The van der Waals surface area contributed by atoms with Gasteiger partial charge in [-0.25, -0.2) is 13.8 Å². The molecule has 4 aromatic rings. The first kappa shape index (κ1) is 20.7. The molecule has 0 unspecified atom stereocenters. The van der Waals surface area contributed by atoms with E-state index in [-0.39, 0.29) is 18.1 Å². The lowest BCUT2D eigenvalue weighted by molar-refractivity contribution is -0.116. The van der Waals surface area contributed by atoms with Crippen molar-refractivity contribution >= 4 is 33.1 Å². The Labute approximate surface area is 181 Å². The second-order valence-corrected chi connectivity index (χ2v) is 8.36. The van der Waals surface area contributed by atoms with Crippen LogP contribution in [-0.4, -0.2) is 15.0 Å². The summed E-state index contributed by atoms with van der Waals surface area (Å²) in [5.41, 5.74) is 2.39. The first-order valence-corrected chi connectivity index (χ1v) is 10.5. The van der Waals surface area contributed by atoms with Crippen molar-refractivity contribution in [3.8, 4) is 5.69 Å². The maximum absolute atomic E-state index is 13.7. The summed E-state index contributed by atoms with van der Waals surface area (Å²) in [5, 5.41) is 4.54. The predicted octanol–water partition coefficient (Wildman–Crippen LogP) is 3.92. The summed E-state index contributed by atoms with van der Waals surface area (Å²) < 4.78 is 16.3. The molecule has 6 nitrogen and oxygen atoms in total. The van der Waals surface area contributed by atoms with Gasteiger partial charge in [0.25, 0.3) is 5.56 Å². The molecule has 1 amide bonds. The Morgan fingerprint density at radius 2 is 1.81 bits per heavy atom. The van der Waals surface area contributed by atoms with Gasteiger partial charge >= 0.3 is 5.69 Å². The SMILES string of the molecule is Cc1ccc(C)c(NC(=O)Cn2c(=O)n(-c3ccc(F)c(C)c3)c(=O)c3sccc32)c1. The zero-order chi connectivity index (χ0) is 22.3. The summed E-state index contributed by atoms with van der Waals surface area (Å²) >= 11 is 1.19. The second kappa shape index (κ2) is 7.96. The van der Waals surface area contributed by atoms with Crippen LogP contribution in [-0.2, 0) is 11.3 Å². The zero-order valence-corrected chi connectivity index (χ0v) is 18.0. The van der Waals surface area contributed by atoms with Crippen molar-refractivity contribution in [2.45, 2.75) is 27.3 Å². The van der Waals surface area contributed by atoms with Crippen LogP contribution in [0.4, 0.5) is 10.1 Å². The number of nitrogens with zero attached hydrogens (tertiary/aromatic N) is 2. The van der Waals surface area contributed by atoms with E-state index in [0.29, 0.717) is 21.5 Å². The molecule has 158 valence electrons. The Kier molecular flexibility index (Phi) is 5.32. The molecule has 0 saturated heterocycles. The molecule has 0 saturated carbocycles. The van der Waals surface area contributed by atoms with Gasteiger partial charge in [-0.1, -0.05) is 12.1 Å². The summed E-state index contributed by atoms with van der Waals surface area (Å²) in [6.45, 7) is 5.11. The molecule has 0 atom stereocenters. The van der Waals surface area contributed by atoms with Crippen LogP contribution in [0.25, 0.3) is 15.9 Å². The van der Waals surface area contributed by atoms with Crippen LogP contribution in [0.5, 0.6) is 0 Å². The molecule has 0 bridgehead atoms. The third kappa shape index (κ3) is 3.82. The number of carbonyl (C=O) groups is 1. The van der Waals surface area contributed by atoms with E-state index in [4.69, 9.17) is 0 Å². The van der Waals surface area contributed by atoms with Crippen LogP contribution in [0.1, 0.15) is 16.7 Å². The number of aromatic nitrogens is 2. The highest BCUT2D eigenvalue weighted by molar-refractivity contribution is 7.17. The van der Waals surface area contributed by atoms with E-state index in [2.05, 4.69) is 5.32 Å². The van der Waals surface area contributed by atoms with Gasteiger partial charge in [0.15, 0.2) is 0 Å². The van der Waals surface area contributed by atoms with Crippen molar-refractivity contribution in [1.29, 1.82) is 0 Å². The van der Waals surface area contributed by atoms with Gasteiger partial charge in [0.1, 0.15) is 17.1 Å². The highest BCUT2D eigenvalue weighted by atomic mass is 32.1. The molecule has 0 radical (unpaired) electrons. The van der Waals surface area contributed by atoms with Crippen LogP contribution < -0.4 is 16.6 Å². The van der Waals surface area contributed by atoms with E-state index < -0.39 is 17.1 Å². The van der Waals surface area contributed by atoms with Gasteiger partial charge < -0.3 is 5.32 Å². The number of benzene rings is 2. The lowest BCUT2D eigenvalue weighted by Crippen LogP contribution is -2.40. The van der Waals surface area contributed by atoms with E-state index in [1.807, 2.05) is 32.0 Å². The fraction of sp³-hybridized carbons (Fsp3) is 0.174.